The van der Waals surface area contributed by atoms with Gasteiger partial charge in [0.05, 0.1) is 25.8 Å². The standard InChI is InChI=1S/C28H51F3N8O7S/c1-7-18(29)23(31)19(30)12-16(2)20(32)13-39(33)14-22(45-21(15-40)17(3)41)47-28-26(43)24(25(42)27(44)46-28)38(6)36-35-9-11-37(5)10-8-34-4/h7,12-13,16-17,21-22,24-28,34,40-44H,1,8-11,14-15,32-33H2,2-6H3/b19-12+,20-13-,23-18-,36-35?. The first-order chi connectivity index (χ1) is 22.1. The van der Waals surface area contributed by atoms with Crippen LogP contribution in [0.4, 0.5) is 13.2 Å². The average Bonchev–Trinajstić information content (AvgIpc) is 3.02. The molecule has 1 aliphatic heterocycles. The minimum Gasteiger partial charge on any atom is -0.400 e. The van der Waals surface area contributed by atoms with Crippen molar-refractivity contribution < 1.29 is 48.2 Å². The Balaban J connectivity index is 3.14. The van der Waals surface area contributed by atoms with Crippen LogP contribution in [-0.4, -0.2) is 149 Å². The van der Waals surface area contributed by atoms with E-state index < -0.39 is 77.6 Å². The van der Waals surface area contributed by atoms with Crippen molar-refractivity contribution >= 4 is 11.8 Å². The van der Waals surface area contributed by atoms with Crippen LogP contribution >= 0.6 is 11.8 Å². The van der Waals surface area contributed by atoms with Crippen LogP contribution in [0.15, 0.2) is 58.4 Å². The molecule has 0 radical (unpaired) electrons. The van der Waals surface area contributed by atoms with Crippen LogP contribution in [0.3, 0.4) is 0 Å². The quantitative estimate of drug-likeness (QED) is 0.0256. The molecular weight excluding hydrogens is 649 g/mol. The minimum absolute atomic E-state index is 0.0554. The Morgan fingerprint density at radius 1 is 1.17 bits per heavy atom. The van der Waals surface area contributed by atoms with Crippen molar-refractivity contribution in [1.82, 2.24) is 20.2 Å². The molecule has 0 aromatic heterocycles. The van der Waals surface area contributed by atoms with Crippen molar-refractivity contribution in [3.05, 3.63) is 48.1 Å². The minimum atomic E-state index is -1.75. The lowest BCUT2D eigenvalue weighted by Gasteiger charge is -2.44. The van der Waals surface area contributed by atoms with Crippen LogP contribution in [0.5, 0.6) is 0 Å². The number of hydrazine groups is 1. The summed E-state index contributed by atoms with van der Waals surface area (Å²) in [6.45, 7) is 7.53. The highest BCUT2D eigenvalue weighted by Gasteiger charge is 2.47. The molecule has 0 aliphatic carbocycles. The molecule has 1 aliphatic rings. The van der Waals surface area contributed by atoms with Crippen LogP contribution in [-0.2, 0) is 9.47 Å². The van der Waals surface area contributed by atoms with Gasteiger partial charge in [0.25, 0.3) is 0 Å². The first kappa shape index (κ1) is 42.7. The fourth-order valence-electron chi connectivity index (χ4n) is 4.12. The Bertz CT molecular complexity index is 1080. The molecule has 9 atom stereocenters. The van der Waals surface area contributed by atoms with Crippen molar-refractivity contribution in [2.75, 3.05) is 60.5 Å². The highest BCUT2D eigenvalue weighted by Crippen LogP contribution is 2.34. The average molecular weight is 701 g/mol. The number of nitrogens with two attached hydrogens (primary N) is 2. The van der Waals surface area contributed by atoms with E-state index in [4.69, 9.17) is 21.1 Å². The molecule has 19 heteroatoms. The number of hydrogen-bond donors (Lipinski definition) is 8. The number of allylic oxidation sites excluding steroid dienone is 5. The smallest absolute Gasteiger partial charge is 0.194 e. The summed E-state index contributed by atoms with van der Waals surface area (Å²) in [6, 6.07) is -1.17. The summed E-state index contributed by atoms with van der Waals surface area (Å²) < 4.78 is 52.5. The van der Waals surface area contributed by atoms with Gasteiger partial charge in [-0.1, -0.05) is 30.5 Å². The van der Waals surface area contributed by atoms with E-state index in [1.165, 1.54) is 32.1 Å². The zero-order valence-corrected chi connectivity index (χ0v) is 28.2. The first-order valence-electron chi connectivity index (χ1n) is 14.8. The molecule has 272 valence electrons. The van der Waals surface area contributed by atoms with Crippen LogP contribution in [0.1, 0.15) is 13.8 Å². The van der Waals surface area contributed by atoms with Crippen LogP contribution in [0.25, 0.3) is 0 Å². The molecule has 1 heterocycles. The summed E-state index contributed by atoms with van der Waals surface area (Å²) in [5.41, 5.74) is 3.61. The Kier molecular flexibility index (Phi) is 19.7. The number of nitrogens with zero attached hydrogens (tertiary/aromatic N) is 5. The van der Waals surface area contributed by atoms with Crippen molar-refractivity contribution in [3.63, 3.8) is 0 Å². The molecule has 47 heavy (non-hydrogen) atoms. The summed E-state index contributed by atoms with van der Waals surface area (Å²) in [5.74, 6) is 0.446. The summed E-state index contributed by atoms with van der Waals surface area (Å²) in [4.78, 5) is 2.04. The van der Waals surface area contributed by atoms with E-state index in [0.29, 0.717) is 19.2 Å². The van der Waals surface area contributed by atoms with Gasteiger partial charge < -0.3 is 56.0 Å². The second-order valence-electron chi connectivity index (χ2n) is 11.0. The van der Waals surface area contributed by atoms with Gasteiger partial charge in [0, 0.05) is 44.5 Å². The largest absolute Gasteiger partial charge is 0.400 e. The number of thioether (sulfide) groups is 1. The number of hydrogen-bond acceptors (Lipinski definition) is 15. The fourth-order valence-corrected chi connectivity index (χ4v) is 5.38. The Hall–Kier alpha value is -2.30. The third kappa shape index (κ3) is 14.4. The van der Waals surface area contributed by atoms with Gasteiger partial charge in [0.1, 0.15) is 35.2 Å². The van der Waals surface area contributed by atoms with Gasteiger partial charge in [0.15, 0.2) is 23.8 Å². The van der Waals surface area contributed by atoms with E-state index >= 15 is 0 Å². The molecule has 9 unspecified atom stereocenters. The number of nitrogens with one attached hydrogen (secondary N) is 1. The van der Waals surface area contributed by atoms with Gasteiger partial charge in [-0.3, -0.25) is 5.01 Å². The maximum Gasteiger partial charge on any atom is 0.194 e. The molecule has 1 rings (SSSR count). The number of ether oxygens (including phenoxy) is 2. The number of aliphatic hydroxyl groups is 5. The van der Waals surface area contributed by atoms with Crippen LogP contribution in [0, 0.1) is 5.92 Å². The topological polar surface area (TPSA) is 218 Å². The Morgan fingerprint density at radius 3 is 2.40 bits per heavy atom. The summed E-state index contributed by atoms with van der Waals surface area (Å²) in [6.07, 6.45) is -4.60. The lowest BCUT2D eigenvalue weighted by molar-refractivity contribution is -0.248. The molecule has 0 aromatic rings. The SMILES string of the molecule is C=C/C(F)=C(F)\C(F)=C/C(C)/C(N)=C/N(N)CC(OC(CO)C(C)O)SC1OC(O)C(O)C(N(C)N=NCCN(C)CCNC)C1O. The van der Waals surface area contributed by atoms with E-state index in [1.54, 1.807) is 0 Å². The number of likely N-dealkylation sites (N-methyl/N-ethyl adjacent to an activating group) is 3. The number of rotatable bonds is 21. The maximum atomic E-state index is 14.1. The Morgan fingerprint density at radius 2 is 1.83 bits per heavy atom. The molecule has 10 N–H and O–H groups in total. The second kappa shape index (κ2) is 21.6. The lowest BCUT2D eigenvalue weighted by Crippen LogP contribution is -2.61. The molecule has 0 bridgehead atoms. The molecule has 0 aromatic carbocycles. The number of aliphatic hydroxyl groups excluding tert-OH is 5. The first-order valence-corrected chi connectivity index (χ1v) is 15.8. The highest BCUT2D eigenvalue weighted by atomic mass is 32.2. The van der Waals surface area contributed by atoms with Crippen LogP contribution < -0.4 is 16.9 Å². The van der Waals surface area contributed by atoms with Gasteiger partial charge >= 0.3 is 0 Å². The Labute approximate surface area is 278 Å². The van der Waals surface area contributed by atoms with Gasteiger partial charge in [0.2, 0.25) is 0 Å². The monoisotopic (exact) mass is 700 g/mol. The second-order valence-corrected chi connectivity index (χ2v) is 12.2. The predicted molar refractivity (Wildman–Crippen MR) is 172 cm³/mol. The lowest BCUT2D eigenvalue weighted by atomic mass is 10.0. The van der Waals surface area contributed by atoms with Crippen molar-refractivity contribution in [3.8, 4) is 0 Å². The van der Waals surface area contributed by atoms with Gasteiger partial charge in [-0.25, -0.2) is 19.0 Å². The predicted octanol–water partition coefficient (Wildman–Crippen LogP) is -0.179. The fraction of sp³-hybridized carbons (Fsp3) is 0.714. The molecule has 1 fully saturated rings. The molecule has 0 amide bonds. The molecular formula is C28H51F3N8O7S. The van der Waals surface area contributed by atoms with E-state index in [1.807, 2.05) is 19.0 Å². The zero-order valence-electron chi connectivity index (χ0n) is 27.4. The van der Waals surface area contributed by atoms with E-state index in [0.717, 1.165) is 35.9 Å². The van der Waals surface area contributed by atoms with Crippen LogP contribution in [0.2, 0.25) is 0 Å². The molecule has 15 nitrogen and oxygen atoms in total. The normalized spacial score (nSPS) is 25.8. The third-order valence-electron chi connectivity index (χ3n) is 7.03. The summed E-state index contributed by atoms with van der Waals surface area (Å²) in [7, 11) is 5.24. The molecule has 0 spiro atoms. The van der Waals surface area contributed by atoms with Gasteiger partial charge in [-0.05, 0) is 33.2 Å². The zero-order chi connectivity index (χ0) is 35.8. The van der Waals surface area contributed by atoms with Crippen molar-refractivity contribution in [1.29, 1.82) is 0 Å². The maximum absolute atomic E-state index is 14.1. The van der Waals surface area contributed by atoms with Crippen molar-refractivity contribution in [2.24, 2.45) is 27.8 Å². The van der Waals surface area contributed by atoms with E-state index in [9.17, 15) is 38.7 Å². The van der Waals surface area contributed by atoms with E-state index in [2.05, 4.69) is 22.2 Å². The van der Waals surface area contributed by atoms with Crippen molar-refractivity contribution in [2.45, 2.75) is 61.5 Å². The van der Waals surface area contributed by atoms with E-state index in [-0.39, 0.29) is 12.2 Å². The molecule has 1 saturated heterocycles. The van der Waals surface area contributed by atoms with Gasteiger partial charge in [-0.2, -0.15) is 5.11 Å². The molecule has 0 saturated carbocycles. The summed E-state index contributed by atoms with van der Waals surface area (Å²) in [5, 5.41) is 65.6. The third-order valence-corrected chi connectivity index (χ3v) is 8.25. The highest BCUT2D eigenvalue weighted by molar-refractivity contribution is 8.00. The number of halogens is 3. The van der Waals surface area contributed by atoms with Gasteiger partial charge in [-0.15, -0.1) is 0 Å². The summed E-state index contributed by atoms with van der Waals surface area (Å²) >= 11 is 0.816.